The second kappa shape index (κ2) is 5.57. The first-order chi connectivity index (χ1) is 9.85. The Morgan fingerprint density at radius 1 is 1.24 bits per heavy atom. The Balaban J connectivity index is 2.27. The molecular weight excluding hydrogens is 296 g/mol. The van der Waals surface area contributed by atoms with Crippen molar-refractivity contribution in [2.24, 2.45) is 0 Å². The van der Waals surface area contributed by atoms with Gasteiger partial charge in [-0.2, -0.15) is 0 Å². The van der Waals surface area contributed by atoms with Crippen molar-refractivity contribution in [2.75, 3.05) is 11.8 Å². The molecule has 0 unspecified atom stereocenters. The molecule has 8 heteroatoms. The van der Waals surface area contributed by atoms with Crippen molar-refractivity contribution in [3.8, 4) is 0 Å². The molecule has 0 spiro atoms. The largest absolute Gasteiger partial charge is 0.465 e. The Morgan fingerprint density at radius 3 is 2.33 bits per heavy atom. The molecule has 0 atom stereocenters. The number of ether oxygens (including phenoxy) is 1. The molecule has 0 radical (unpaired) electrons. The van der Waals surface area contributed by atoms with E-state index in [0.717, 1.165) is 0 Å². The van der Waals surface area contributed by atoms with E-state index in [1.54, 1.807) is 6.92 Å². The van der Waals surface area contributed by atoms with Crippen LogP contribution in [0.5, 0.6) is 0 Å². The maximum Gasteiger partial charge on any atom is 0.337 e. The van der Waals surface area contributed by atoms with Gasteiger partial charge in [-0.25, -0.2) is 13.2 Å². The van der Waals surface area contributed by atoms with Gasteiger partial charge in [0.15, 0.2) is 10.7 Å². The Hall–Kier alpha value is -2.35. The lowest BCUT2D eigenvalue weighted by Gasteiger charge is -2.08. The smallest absolute Gasteiger partial charge is 0.337 e. The number of nitrogens with one attached hydrogen (secondary N) is 1. The fourth-order valence-corrected chi connectivity index (χ4v) is 3.25. The van der Waals surface area contributed by atoms with Crippen LogP contribution in [0.15, 0.2) is 33.7 Å². The Kier molecular flexibility index (Phi) is 3.99. The number of anilines is 1. The molecule has 0 aliphatic heterocycles. The lowest BCUT2D eigenvalue weighted by atomic mass is 10.2. The van der Waals surface area contributed by atoms with Gasteiger partial charge in [0.05, 0.1) is 12.7 Å². The molecule has 1 heterocycles. The molecule has 2 aromatic rings. The highest BCUT2D eigenvalue weighted by Gasteiger charge is 2.24. The minimum absolute atomic E-state index is 0.0135. The number of sulfonamides is 1. The summed E-state index contributed by atoms with van der Waals surface area (Å²) in [4.78, 5) is 11.3. The van der Waals surface area contributed by atoms with Crippen molar-refractivity contribution in [1.29, 1.82) is 0 Å². The van der Waals surface area contributed by atoms with Gasteiger partial charge in [-0.3, -0.25) is 4.72 Å². The number of carbonyl (C=O) groups excluding carboxylic acids is 1. The van der Waals surface area contributed by atoms with Crippen LogP contribution in [-0.2, 0) is 14.8 Å². The van der Waals surface area contributed by atoms with Crippen LogP contribution in [0.4, 0.5) is 5.69 Å². The number of hydrogen-bond acceptors (Lipinski definition) is 6. The molecule has 0 fully saturated rings. The molecule has 0 aliphatic rings. The summed E-state index contributed by atoms with van der Waals surface area (Å²) < 4.78 is 36.4. The third kappa shape index (κ3) is 3.05. The first kappa shape index (κ1) is 15.0. The number of methoxy groups -OCH3 is 1. The highest BCUT2D eigenvalue weighted by molar-refractivity contribution is 7.92. The van der Waals surface area contributed by atoms with E-state index in [2.05, 4.69) is 14.6 Å². The molecule has 2 rings (SSSR count). The number of benzene rings is 1. The monoisotopic (exact) mass is 310 g/mol. The van der Waals surface area contributed by atoms with Crippen LogP contribution in [-0.4, -0.2) is 26.7 Å². The van der Waals surface area contributed by atoms with Crippen molar-refractivity contribution >= 4 is 21.7 Å². The minimum Gasteiger partial charge on any atom is -0.465 e. The van der Waals surface area contributed by atoms with Crippen molar-refractivity contribution in [3.05, 3.63) is 41.3 Å². The maximum atomic E-state index is 12.3. The first-order valence-electron chi connectivity index (χ1n) is 5.99. The lowest BCUT2D eigenvalue weighted by Crippen LogP contribution is -2.14. The van der Waals surface area contributed by atoms with E-state index >= 15 is 0 Å². The molecule has 1 N–H and O–H groups in total. The second-order valence-corrected chi connectivity index (χ2v) is 5.95. The molecule has 1 aromatic heterocycles. The molecule has 1 aromatic carbocycles. The Bertz CT molecular complexity index is 743. The fourth-order valence-electron chi connectivity index (χ4n) is 1.86. The van der Waals surface area contributed by atoms with Crippen molar-refractivity contribution in [2.45, 2.75) is 18.7 Å². The van der Waals surface area contributed by atoms with E-state index in [4.69, 9.17) is 4.52 Å². The zero-order valence-corrected chi connectivity index (χ0v) is 12.5. The first-order valence-corrected chi connectivity index (χ1v) is 7.47. The Labute approximate surface area is 121 Å². The van der Waals surface area contributed by atoms with Crippen LogP contribution in [0.25, 0.3) is 0 Å². The van der Waals surface area contributed by atoms with Crippen LogP contribution in [0, 0.1) is 13.8 Å². The number of aryl methyl sites for hydroxylation is 2. The van der Waals surface area contributed by atoms with E-state index in [9.17, 15) is 13.2 Å². The van der Waals surface area contributed by atoms with E-state index in [0.29, 0.717) is 11.3 Å². The SMILES string of the molecule is COC(=O)c1ccc(NS(=O)(=O)c2c(C)noc2C)cc1. The maximum absolute atomic E-state index is 12.3. The van der Waals surface area contributed by atoms with Crippen molar-refractivity contribution in [1.82, 2.24) is 5.16 Å². The van der Waals surface area contributed by atoms with Crippen LogP contribution in [0.3, 0.4) is 0 Å². The normalized spacial score (nSPS) is 11.2. The van der Waals surface area contributed by atoms with Gasteiger partial charge in [-0.05, 0) is 38.1 Å². The molecule has 0 aliphatic carbocycles. The van der Waals surface area contributed by atoms with Crippen molar-refractivity contribution in [3.63, 3.8) is 0 Å². The summed E-state index contributed by atoms with van der Waals surface area (Å²) in [6, 6.07) is 5.89. The summed E-state index contributed by atoms with van der Waals surface area (Å²) in [6.45, 7) is 3.07. The number of aromatic nitrogens is 1. The molecule has 7 nitrogen and oxygen atoms in total. The summed E-state index contributed by atoms with van der Waals surface area (Å²) in [6.07, 6.45) is 0. The summed E-state index contributed by atoms with van der Waals surface area (Å²) in [7, 11) is -2.52. The van der Waals surface area contributed by atoms with E-state index < -0.39 is 16.0 Å². The summed E-state index contributed by atoms with van der Waals surface area (Å²) >= 11 is 0. The van der Waals surface area contributed by atoms with E-state index in [-0.39, 0.29) is 16.3 Å². The van der Waals surface area contributed by atoms with E-state index in [1.807, 2.05) is 0 Å². The topological polar surface area (TPSA) is 98.5 Å². The number of carbonyl (C=O) groups is 1. The van der Waals surface area contributed by atoms with Crippen LogP contribution < -0.4 is 4.72 Å². The molecule has 0 bridgehead atoms. The fraction of sp³-hybridized carbons (Fsp3) is 0.231. The Morgan fingerprint density at radius 2 is 1.86 bits per heavy atom. The summed E-state index contributed by atoms with van der Waals surface area (Å²) in [5.41, 5.74) is 0.937. The summed E-state index contributed by atoms with van der Waals surface area (Å²) in [5.74, 6) is -0.277. The van der Waals surface area contributed by atoms with Gasteiger partial charge in [-0.1, -0.05) is 5.16 Å². The standard InChI is InChI=1S/C13H14N2O5S/c1-8-12(9(2)20-14-8)21(17,18)15-11-6-4-10(5-7-11)13(16)19-3/h4-7,15H,1-3H3. The average molecular weight is 310 g/mol. The number of esters is 1. The van der Waals surface area contributed by atoms with E-state index in [1.165, 1.54) is 38.3 Å². The molecule has 0 amide bonds. The van der Waals surface area contributed by atoms with Gasteiger partial charge in [0.2, 0.25) is 0 Å². The highest BCUT2D eigenvalue weighted by atomic mass is 32.2. The van der Waals surface area contributed by atoms with Gasteiger partial charge < -0.3 is 9.26 Å². The van der Waals surface area contributed by atoms with Crippen molar-refractivity contribution < 1.29 is 22.5 Å². The lowest BCUT2D eigenvalue weighted by molar-refractivity contribution is 0.0601. The minimum atomic E-state index is -3.79. The zero-order valence-electron chi connectivity index (χ0n) is 11.7. The van der Waals surface area contributed by atoms with Crippen LogP contribution in [0.1, 0.15) is 21.8 Å². The average Bonchev–Trinajstić information content (AvgIpc) is 2.78. The number of hydrogen-bond donors (Lipinski definition) is 1. The predicted molar refractivity (Wildman–Crippen MR) is 74.6 cm³/mol. The predicted octanol–water partition coefficient (Wildman–Crippen LogP) is 1.88. The third-order valence-electron chi connectivity index (χ3n) is 2.79. The number of rotatable bonds is 4. The summed E-state index contributed by atoms with van der Waals surface area (Å²) in [5, 5.41) is 3.62. The molecule has 0 saturated heterocycles. The van der Waals surface area contributed by atoms with Gasteiger partial charge in [0.25, 0.3) is 10.0 Å². The van der Waals surface area contributed by atoms with Gasteiger partial charge >= 0.3 is 5.97 Å². The third-order valence-corrected chi connectivity index (χ3v) is 4.42. The number of nitrogens with zero attached hydrogens (tertiary/aromatic N) is 1. The van der Waals surface area contributed by atoms with Gasteiger partial charge in [0.1, 0.15) is 5.69 Å². The van der Waals surface area contributed by atoms with Gasteiger partial charge in [-0.15, -0.1) is 0 Å². The quantitative estimate of drug-likeness (QED) is 0.866. The molecule has 0 saturated carbocycles. The molecule has 112 valence electrons. The molecule has 21 heavy (non-hydrogen) atoms. The van der Waals surface area contributed by atoms with Crippen LogP contribution >= 0.6 is 0 Å². The van der Waals surface area contributed by atoms with Crippen LogP contribution in [0.2, 0.25) is 0 Å². The molecular formula is C13H14N2O5S. The second-order valence-electron chi connectivity index (χ2n) is 4.33. The van der Waals surface area contributed by atoms with Gasteiger partial charge in [0, 0.05) is 5.69 Å². The highest BCUT2D eigenvalue weighted by Crippen LogP contribution is 2.22. The zero-order chi connectivity index (χ0) is 15.6.